The number of nitrogens with one attached hydrogen (secondary N) is 1. The summed E-state index contributed by atoms with van der Waals surface area (Å²) in [6, 6.07) is 3.65. The van der Waals surface area contributed by atoms with Crippen molar-refractivity contribution in [2.75, 3.05) is 19.5 Å². The van der Waals surface area contributed by atoms with Gasteiger partial charge in [0.1, 0.15) is 11.5 Å². The quantitative estimate of drug-likeness (QED) is 0.920. The van der Waals surface area contributed by atoms with Gasteiger partial charge in [-0.05, 0) is 13.0 Å². The summed E-state index contributed by atoms with van der Waals surface area (Å²) in [5.41, 5.74) is 1.90. The number of methoxy groups -OCH3 is 2. The number of hydrogen-bond donors (Lipinski definition) is 1. The average molecular weight is 296 g/mol. The lowest BCUT2D eigenvalue weighted by atomic mass is 10.1. The summed E-state index contributed by atoms with van der Waals surface area (Å²) in [6.45, 7) is 2.05. The van der Waals surface area contributed by atoms with Crippen LogP contribution in [-0.2, 0) is 7.05 Å². The van der Waals surface area contributed by atoms with Crippen LogP contribution in [0.15, 0.2) is 24.5 Å². The van der Waals surface area contributed by atoms with Crippen molar-refractivity contribution in [3.05, 3.63) is 35.1 Å². The molecule has 20 heavy (non-hydrogen) atoms. The average Bonchev–Trinajstić information content (AvgIpc) is 2.86. The van der Waals surface area contributed by atoms with E-state index in [1.807, 2.05) is 19.4 Å². The molecule has 2 rings (SSSR count). The maximum atomic E-state index is 6.16. The molecule has 0 spiro atoms. The van der Waals surface area contributed by atoms with Gasteiger partial charge in [0.25, 0.3) is 0 Å². The van der Waals surface area contributed by atoms with Gasteiger partial charge in [0.05, 0.1) is 37.2 Å². The predicted octanol–water partition coefficient (Wildman–Crippen LogP) is 3.26. The highest BCUT2D eigenvalue weighted by molar-refractivity contribution is 6.32. The second-order valence-electron chi connectivity index (χ2n) is 4.50. The summed E-state index contributed by atoms with van der Waals surface area (Å²) in [4.78, 5) is 0. The van der Waals surface area contributed by atoms with Gasteiger partial charge in [0.15, 0.2) is 0 Å². The van der Waals surface area contributed by atoms with Crippen LogP contribution in [0.2, 0.25) is 5.02 Å². The van der Waals surface area contributed by atoms with Gasteiger partial charge in [-0.25, -0.2) is 0 Å². The largest absolute Gasteiger partial charge is 0.495 e. The summed E-state index contributed by atoms with van der Waals surface area (Å²) in [6.07, 6.45) is 3.80. The van der Waals surface area contributed by atoms with E-state index < -0.39 is 0 Å². The molecule has 5 nitrogen and oxygen atoms in total. The van der Waals surface area contributed by atoms with E-state index in [-0.39, 0.29) is 6.04 Å². The van der Waals surface area contributed by atoms with Crippen molar-refractivity contribution in [3.8, 4) is 11.5 Å². The molecule has 0 amide bonds. The fourth-order valence-electron chi connectivity index (χ4n) is 1.95. The molecule has 1 unspecified atom stereocenters. The monoisotopic (exact) mass is 295 g/mol. The molecule has 1 aromatic carbocycles. The van der Waals surface area contributed by atoms with Crippen molar-refractivity contribution in [2.24, 2.45) is 7.05 Å². The molecule has 108 valence electrons. The topological polar surface area (TPSA) is 48.3 Å². The lowest BCUT2D eigenvalue weighted by Gasteiger charge is -2.18. The Bertz CT molecular complexity index is 598. The van der Waals surface area contributed by atoms with E-state index in [0.29, 0.717) is 16.5 Å². The van der Waals surface area contributed by atoms with Gasteiger partial charge >= 0.3 is 0 Å². The zero-order chi connectivity index (χ0) is 14.7. The minimum Gasteiger partial charge on any atom is -0.495 e. The van der Waals surface area contributed by atoms with Crippen molar-refractivity contribution >= 4 is 17.3 Å². The standard InChI is InChI=1S/C14H18ClN3O2/c1-9(10-7-16-18(2)8-10)17-12-5-11(15)13(19-3)6-14(12)20-4/h5-9,17H,1-4H3. The van der Waals surface area contributed by atoms with Gasteiger partial charge in [0.2, 0.25) is 0 Å². The summed E-state index contributed by atoms with van der Waals surface area (Å²) in [5, 5.41) is 8.07. The third-order valence-corrected chi connectivity index (χ3v) is 3.37. The van der Waals surface area contributed by atoms with E-state index in [9.17, 15) is 0 Å². The summed E-state index contributed by atoms with van der Waals surface area (Å²) >= 11 is 6.16. The number of anilines is 1. The van der Waals surface area contributed by atoms with E-state index in [1.165, 1.54) is 0 Å². The Balaban J connectivity index is 2.26. The number of benzene rings is 1. The molecule has 0 saturated heterocycles. The van der Waals surface area contributed by atoms with Crippen LogP contribution in [0, 0.1) is 0 Å². The van der Waals surface area contributed by atoms with E-state index in [0.717, 1.165) is 11.3 Å². The zero-order valence-corrected chi connectivity index (χ0v) is 12.7. The third kappa shape index (κ3) is 2.99. The molecule has 0 aliphatic carbocycles. The minimum absolute atomic E-state index is 0.0852. The summed E-state index contributed by atoms with van der Waals surface area (Å²) in [5.74, 6) is 1.27. The van der Waals surface area contributed by atoms with Gasteiger partial charge in [-0.3, -0.25) is 4.68 Å². The van der Waals surface area contributed by atoms with Gasteiger partial charge in [0, 0.05) is 24.9 Å². The van der Waals surface area contributed by atoms with Crippen LogP contribution in [0.5, 0.6) is 11.5 Å². The molecule has 0 saturated carbocycles. The number of aromatic nitrogens is 2. The van der Waals surface area contributed by atoms with Crippen molar-refractivity contribution in [3.63, 3.8) is 0 Å². The number of hydrogen-bond acceptors (Lipinski definition) is 4. The Kier molecular flexibility index (Phi) is 4.39. The second-order valence-corrected chi connectivity index (χ2v) is 4.91. The van der Waals surface area contributed by atoms with Crippen molar-refractivity contribution < 1.29 is 9.47 Å². The van der Waals surface area contributed by atoms with Crippen molar-refractivity contribution in [1.29, 1.82) is 0 Å². The van der Waals surface area contributed by atoms with Crippen LogP contribution in [-0.4, -0.2) is 24.0 Å². The normalized spacial score (nSPS) is 12.1. The lowest BCUT2D eigenvalue weighted by Crippen LogP contribution is -2.07. The minimum atomic E-state index is 0.0852. The third-order valence-electron chi connectivity index (χ3n) is 3.07. The SMILES string of the molecule is COc1cc(OC)c(NC(C)c2cnn(C)c2)cc1Cl. The molecule has 0 radical (unpaired) electrons. The highest BCUT2D eigenvalue weighted by Crippen LogP contribution is 2.37. The first kappa shape index (κ1) is 14.5. The lowest BCUT2D eigenvalue weighted by molar-refractivity contribution is 0.395. The van der Waals surface area contributed by atoms with Crippen LogP contribution >= 0.6 is 11.6 Å². The maximum absolute atomic E-state index is 6.16. The molecule has 6 heteroatoms. The maximum Gasteiger partial charge on any atom is 0.145 e. The Hall–Kier alpha value is -1.88. The number of halogens is 1. The molecule has 0 bridgehead atoms. The molecule has 1 heterocycles. The number of ether oxygens (including phenoxy) is 2. The van der Waals surface area contributed by atoms with Crippen molar-refractivity contribution in [2.45, 2.75) is 13.0 Å². The molecule has 2 aromatic rings. The predicted molar refractivity (Wildman–Crippen MR) is 79.8 cm³/mol. The van der Waals surface area contributed by atoms with E-state index in [1.54, 1.807) is 31.0 Å². The molecule has 1 atom stereocenters. The molecule has 0 fully saturated rings. The van der Waals surface area contributed by atoms with Crippen LogP contribution in [0.4, 0.5) is 5.69 Å². The van der Waals surface area contributed by atoms with E-state index >= 15 is 0 Å². The van der Waals surface area contributed by atoms with E-state index in [4.69, 9.17) is 21.1 Å². The first-order valence-corrected chi connectivity index (χ1v) is 6.59. The van der Waals surface area contributed by atoms with Gasteiger partial charge in [-0.2, -0.15) is 5.10 Å². The number of aryl methyl sites for hydroxylation is 1. The summed E-state index contributed by atoms with van der Waals surface area (Å²) in [7, 11) is 5.08. The van der Waals surface area contributed by atoms with Crippen LogP contribution < -0.4 is 14.8 Å². The fourth-order valence-corrected chi connectivity index (χ4v) is 2.19. The molecule has 1 N–H and O–H groups in total. The molecular formula is C14H18ClN3O2. The van der Waals surface area contributed by atoms with Gasteiger partial charge < -0.3 is 14.8 Å². The molecular weight excluding hydrogens is 278 g/mol. The Morgan fingerprint density at radius 1 is 1.25 bits per heavy atom. The van der Waals surface area contributed by atoms with E-state index in [2.05, 4.69) is 17.3 Å². The van der Waals surface area contributed by atoms with Crippen LogP contribution in [0.25, 0.3) is 0 Å². The molecule has 0 aliphatic rings. The first-order valence-electron chi connectivity index (χ1n) is 6.21. The fraction of sp³-hybridized carbons (Fsp3) is 0.357. The number of nitrogens with zero attached hydrogens (tertiary/aromatic N) is 2. The smallest absolute Gasteiger partial charge is 0.145 e. The molecule has 1 aromatic heterocycles. The van der Waals surface area contributed by atoms with Crippen molar-refractivity contribution in [1.82, 2.24) is 9.78 Å². The van der Waals surface area contributed by atoms with Gasteiger partial charge in [-0.1, -0.05) is 11.6 Å². The Labute approximate surface area is 123 Å². The highest BCUT2D eigenvalue weighted by atomic mass is 35.5. The first-order chi connectivity index (χ1) is 9.55. The second kappa shape index (κ2) is 6.05. The van der Waals surface area contributed by atoms with Crippen LogP contribution in [0.3, 0.4) is 0 Å². The van der Waals surface area contributed by atoms with Crippen LogP contribution in [0.1, 0.15) is 18.5 Å². The molecule has 0 aliphatic heterocycles. The highest BCUT2D eigenvalue weighted by Gasteiger charge is 2.13. The Morgan fingerprint density at radius 3 is 2.50 bits per heavy atom. The number of rotatable bonds is 5. The Morgan fingerprint density at radius 2 is 1.95 bits per heavy atom. The summed E-state index contributed by atoms with van der Waals surface area (Å²) < 4.78 is 12.3. The zero-order valence-electron chi connectivity index (χ0n) is 12.0. The van der Waals surface area contributed by atoms with Gasteiger partial charge in [-0.15, -0.1) is 0 Å².